The molecule has 0 aromatic carbocycles. The molecule has 0 radical (unpaired) electrons. The fourth-order valence-electron chi connectivity index (χ4n) is 1.02. The maximum Gasteiger partial charge on any atom is 0.248 e. The molecule has 1 amide bonds. The number of aromatic amines is 1. The third-order valence-electron chi connectivity index (χ3n) is 1.91. The topological polar surface area (TPSA) is 57.8 Å². The van der Waals surface area contributed by atoms with Gasteiger partial charge in [-0.15, -0.1) is 0 Å². The number of aromatic nitrogens is 2. The Hall–Kier alpha value is -1.58. The van der Waals surface area contributed by atoms with Gasteiger partial charge >= 0.3 is 0 Å². The van der Waals surface area contributed by atoms with Crippen molar-refractivity contribution in [2.24, 2.45) is 5.92 Å². The Morgan fingerprint density at radius 3 is 3.15 bits per heavy atom. The second-order valence-electron chi connectivity index (χ2n) is 3.17. The number of nitrogens with one attached hydrogen (secondary N) is 2. The van der Waals surface area contributed by atoms with Crippen LogP contribution in [0.15, 0.2) is 24.5 Å². The summed E-state index contributed by atoms with van der Waals surface area (Å²) in [7, 11) is 0. The lowest BCUT2D eigenvalue weighted by molar-refractivity contribution is -0.111. The second kappa shape index (κ2) is 3.43. The van der Waals surface area contributed by atoms with Gasteiger partial charge in [-0.25, -0.2) is 0 Å². The van der Waals surface area contributed by atoms with Gasteiger partial charge in [0.05, 0.1) is 11.9 Å². The lowest BCUT2D eigenvalue weighted by Gasteiger charge is -1.94. The maximum atomic E-state index is 11.2. The van der Waals surface area contributed by atoms with Crippen molar-refractivity contribution in [1.82, 2.24) is 10.2 Å². The smallest absolute Gasteiger partial charge is 0.248 e. The molecule has 2 rings (SSSR count). The molecule has 4 heteroatoms. The zero-order valence-corrected chi connectivity index (χ0v) is 7.16. The van der Waals surface area contributed by atoms with E-state index in [2.05, 4.69) is 15.5 Å². The number of H-pyrrole nitrogens is 1. The number of nitrogens with zero attached hydrogens (tertiary/aromatic N) is 1. The van der Waals surface area contributed by atoms with E-state index in [0.29, 0.717) is 11.6 Å². The molecule has 1 saturated carbocycles. The molecule has 13 heavy (non-hydrogen) atoms. The second-order valence-corrected chi connectivity index (χ2v) is 3.17. The third-order valence-corrected chi connectivity index (χ3v) is 1.91. The Labute approximate surface area is 76.0 Å². The van der Waals surface area contributed by atoms with Gasteiger partial charge in [0, 0.05) is 6.20 Å². The highest BCUT2D eigenvalue weighted by molar-refractivity contribution is 5.99. The van der Waals surface area contributed by atoms with Gasteiger partial charge in [-0.1, -0.05) is 6.08 Å². The van der Waals surface area contributed by atoms with Gasteiger partial charge in [-0.2, -0.15) is 5.10 Å². The zero-order chi connectivity index (χ0) is 9.10. The average molecular weight is 177 g/mol. The SMILES string of the molecule is O=C(/C=C/C1CC1)Nc1cn[nH]c1. The van der Waals surface area contributed by atoms with E-state index < -0.39 is 0 Å². The first kappa shape index (κ1) is 8.04. The Bertz CT molecular complexity index is 312. The van der Waals surface area contributed by atoms with E-state index in [9.17, 15) is 4.79 Å². The summed E-state index contributed by atoms with van der Waals surface area (Å²) in [5.41, 5.74) is 0.699. The van der Waals surface area contributed by atoms with Crippen molar-refractivity contribution in [3.8, 4) is 0 Å². The summed E-state index contributed by atoms with van der Waals surface area (Å²) in [5.74, 6) is 0.545. The van der Waals surface area contributed by atoms with Gasteiger partial charge < -0.3 is 5.32 Å². The van der Waals surface area contributed by atoms with Crippen LogP contribution in [0.4, 0.5) is 5.69 Å². The van der Waals surface area contributed by atoms with E-state index in [1.807, 2.05) is 6.08 Å². The van der Waals surface area contributed by atoms with Gasteiger partial charge in [0.2, 0.25) is 5.91 Å². The minimum absolute atomic E-state index is 0.0895. The molecule has 1 aromatic heterocycles. The van der Waals surface area contributed by atoms with E-state index in [1.165, 1.54) is 12.8 Å². The van der Waals surface area contributed by atoms with E-state index in [1.54, 1.807) is 18.5 Å². The molecule has 1 aliphatic carbocycles. The van der Waals surface area contributed by atoms with Gasteiger partial charge in [0.25, 0.3) is 0 Å². The number of amides is 1. The summed E-state index contributed by atoms with van der Waals surface area (Å²) in [6.45, 7) is 0. The van der Waals surface area contributed by atoms with Gasteiger partial charge in [0.1, 0.15) is 0 Å². The fourth-order valence-corrected chi connectivity index (χ4v) is 1.02. The number of hydrogen-bond donors (Lipinski definition) is 2. The highest BCUT2D eigenvalue weighted by Crippen LogP contribution is 2.29. The molecule has 1 aromatic rings. The van der Waals surface area contributed by atoms with Crippen LogP contribution in [0.25, 0.3) is 0 Å². The van der Waals surface area contributed by atoms with E-state index >= 15 is 0 Å². The summed E-state index contributed by atoms with van der Waals surface area (Å²) in [6.07, 6.45) is 9.19. The minimum Gasteiger partial charge on any atom is -0.320 e. The molecular weight excluding hydrogens is 166 g/mol. The normalized spacial score (nSPS) is 16.3. The molecule has 4 nitrogen and oxygen atoms in total. The molecule has 0 saturated heterocycles. The van der Waals surface area contributed by atoms with Gasteiger partial charge in [-0.05, 0) is 24.8 Å². The molecule has 1 heterocycles. The quantitative estimate of drug-likeness (QED) is 0.684. The average Bonchev–Trinajstić information content (AvgIpc) is 2.82. The van der Waals surface area contributed by atoms with Crippen LogP contribution in [0.5, 0.6) is 0 Å². The van der Waals surface area contributed by atoms with Crippen molar-refractivity contribution in [3.05, 3.63) is 24.5 Å². The number of rotatable bonds is 3. The first-order chi connectivity index (χ1) is 6.34. The van der Waals surface area contributed by atoms with Crippen LogP contribution in [0.3, 0.4) is 0 Å². The predicted molar refractivity (Wildman–Crippen MR) is 49.1 cm³/mol. The predicted octanol–water partition coefficient (Wildman–Crippen LogP) is 1.31. The van der Waals surface area contributed by atoms with Gasteiger partial charge in [-0.3, -0.25) is 9.89 Å². The molecule has 68 valence electrons. The number of hydrogen-bond acceptors (Lipinski definition) is 2. The minimum atomic E-state index is -0.0895. The van der Waals surface area contributed by atoms with Crippen LogP contribution < -0.4 is 5.32 Å². The van der Waals surface area contributed by atoms with Crippen LogP contribution in [0.1, 0.15) is 12.8 Å². The van der Waals surface area contributed by atoms with Crippen molar-refractivity contribution in [1.29, 1.82) is 0 Å². The number of carbonyl (C=O) groups excluding carboxylic acids is 1. The van der Waals surface area contributed by atoms with Crippen LogP contribution in [0, 0.1) is 5.92 Å². The van der Waals surface area contributed by atoms with Gasteiger partial charge in [0.15, 0.2) is 0 Å². The van der Waals surface area contributed by atoms with Crippen molar-refractivity contribution in [3.63, 3.8) is 0 Å². The van der Waals surface area contributed by atoms with Crippen molar-refractivity contribution < 1.29 is 4.79 Å². The van der Waals surface area contributed by atoms with E-state index in [4.69, 9.17) is 0 Å². The number of carbonyl (C=O) groups is 1. The Morgan fingerprint density at radius 2 is 2.54 bits per heavy atom. The largest absolute Gasteiger partial charge is 0.320 e. The summed E-state index contributed by atoms with van der Waals surface area (Å²) < 4.78 is 0. The maximum absolute atomic E-state index is 11.2. The molecule has 2 N–H and O–H groups in total. The Morgan fingerprint density at radius 1 is 1.69 bits per heavy atom. The van der Waals surface area contributed by atoms with Crippen LogP contribution in [-0.4, -0.2) is 16.1 Å². The molecular formula is C9H11N3O. The summed E-state index contributed by atoms with van der Waals surface area (Å²) in [5, 5.41) is 9.03. The number of anilines is 1. The van der Waals surface area contributed by atoms with Crippen LogP contribution in [0.2, 0.25) is 0 Å². The monoisotopic (exact) mass is 177 g/mol. The molecule has 0 spiro atoms. The lowest BCUT2D eigenvalue weighted by Crippen LogP contribution is -2.06. The summed E-state index contributed by atoms with van der Waals surface area (Å²) in [4.78, 5) is 11.2. The van der Waals surface area contributed by atoms with Crippen LogP contribution in [-0.2, 0) is 4.79 Å². The molecule has 1 aliphatic rings. The molecule has 1 fully saturated rings. The third kappa shape index (κ3) is 2.43. The summed E-state index contributed by atoms with van der Waals surface area (Å²) >= 11 is 0. The fraction of sp³-hybridized carbons (Fsp3) is 0.333. The highest BCUT2D eigenvalue weighted by Gasteiger charge is 2.17. The molecule has 0 bridgehead atoms. The first-order valence-corrected chi connectivity index (χ1v) is 4.32. The Balaban J connectivity index is 1.84. The summed E-state index contributed by atoms with van der Waals surface area (Å²) in [6, 6.07) is 0. The van der Waals surface area contributed by atoms with E-state index in [0.717, 1.165) is 0 Å². The molecule has 0 aliphatic heterocycles. The van der Waals surface area contributed by atoms with Crippen molar-refractivity contribution in [2.45, 2.75) is 12.8 Å². The molecule has 0 atom stereocenters. The van der Waals surface area contributed by atoms with E-state index in [-0.39, 0.29) is 5.91 Å². The van der Waals surface area contributed by atoms with Crippen molar-refractivity contribution >= 4 is 11.6 Å². The Kier molecular flexibility index (Phi) is 2.12. The molecule has 0 unspecified atom stereocenters. The standard InChI is InChI=1S/C9H11N3O/c13-9(4-3-7-1-2-7)12-8-5-10-11-6-8/h3-7H,1-2H2,(H,10,11)(H,12,13)/b4-3+. The zero-order valence-electron chi connectivity index (χ0n) is 7.16. The lowest BCUT2D eigenvalue weighted by atomic mass is 10.3. The van der Waals surface area contributed by atoms with Crippen molar-refractivity contribution in [2.75, 3.05) is 5.32 Å². The number of allylic oxidation sites excluding steroid dienone is 1. The van der Waals surface area contributed by atoms with Crippen LogP contribution >= 0.6 is 0 Å². The first-order valence-electron chi connectivity index (χ1n) is 4.32. The highest BCUT2D eigenvalue weighted by atomic mass is 16.1.